The number of hydrogen-bond acceptors (Lipinski definition) is 3. The van der Waals surface area contributed by atoms with E-state index in [1.807, 2.05) is 5.43 Å². The SMILES string of the molecule is C=C(C(=O)NN)N(C)C. The van der Waals surface area contributed by atoms with Gasteiger partial charge in [0.15, 0.2) is 0 Å². The lowest BCUT2D eigenvalue weighted by Gasteiger charge is -2.12. The number of carbonyl (C=O) groups excluding carboxylic acids is 1. The number of likely N-dealkylation sites (N-methyl/N-ethyl adjacent to an activating group) is 1. The molecule has 0 aromatic heterocycles. The van der Waals surface area contributed by atoms with Gasteiger partial charge < -0.3 is 4.90 Å². The van der Waals surface area contributed by atoms with Crippen molar-refractivity contribution in [2.24, 2.45) is 5.84 Å². The predicted octanol–water partition coefficient (Wildman–Crippen LogP) is -0.948. The third kappa shape index (κ3) is 2.14. The van der Waals surface area contributed by atoms with Gasteiger partial charge >= 0.3 is 0 Å². The second-order valence-electron chi connectivity index (χ2n) is 1.81. The van der Waals surface area contributed by atoms with Crippen molar-refractivity contribution >= 4 is 5.91 Å². The van der Waals surface area contributed by atoms with E-state index in [0.29, 0.717) is 5.70 Å². The molecule has 0 atom stereocenters. The van der Waals surface area contributed by atoms with Crippen molar-refractivity contribution in [3.8, 4) is 0 Å². The highest BCUT2D eigenvalue weighted by atomic mass is 16.2. The molecule has 0 aromatic carbocycles. The van der Waals surface area contributed by atoms with Gasteiger partial charge in [0.2, 0.25) is 0 Å². The van der Waals surface area contributed by atoms with E-state index in [-0.39, 0.29) is 5.91 Å². The topological polar surface area (TPSA) is 58.4 Å². The molecule has 4 nitrogen and oxygen atoms in total. The molecule has 9 heavy (non-hydrogen) atoms. The maximum absolute atomic E-state index is 10.6. The van der Waals surface area contributed by atoms with Crippen LogP contribution in [0.1, 0.15) is 0 Å². The van der Waals surface area contributed by atoms with Gasteiger partial charge in [-0.15, -0.1) is 0 Å². The second kappa shape index (κ2) is 3.09. The van der Waals surface area contributed by atoms with Crippen LogP contribution >= 0.6 is 0 Å². The molecule has 0 radical (unpaired) electrons. The fourth-order valence-electron chi connectivity index (χ4n) is 0.286. The van der Waals surface area contributed by atoms with Crippen LogP contribution in [0, 0.1) is 0 Å². The van der Waals surface area contributed by atoms with Crippen LogP contribution in [0.2, 0.25) is 0 Å². The Labute approximate surface area is 54.3 Å². The molecule has 0 aliphatic carbocycles. The zero-order valence-electron chi connectivity index (χ0n) is 5.64. The normalized spacial score (nSPS) is 8.33. The van der Waals surface area contributed by atoms with E-state index in [1.54, 1.807) is 19.0 Å². The van der Waals surface area contributed by atoms with E-state index in [9.17, 15) is 4.79 Å². The van der Waals surface area contributed by atoms with E-state index in [4.69, 9.17) is 5.84 Å². The maximum Gasteiger partial charge on any atom is 0.280 e. The standard InChI is InChI=1S/C5H11N3O/c1-4(8(2)3)5(9)7-6/h1,6H2,2-3H3,(H,7,9). The molecular weight excluding hydrogens is 118 g/mol. The third-order valence-corrected chi connectivity index (χ3v) is 0.933. The molecule has 0 bridgehead atoms. The quantitative estimate of drug-likeness (QED) is 0.219. The molecule has 0 aliphatic heterocycles. The van der Waals surface area contributed by atoms with E-state index in [0.717, 1.165) is 0 Å². The molecule has 1 amide bonds. The largest absolute Gasteiger partial charge is 0.374 e. The highest BCUT2D eigenvalue weighted by Crippen LogP contribution is 1.90. The lowest BCUT2D eigenvalue weighted by molar-refractivity contribution is -0.118. The smallest absolute Gasteiger partial charge is 0.280 e. The Balaban J connectivity index is 3.89. The van der Waals surface area contributed by atoms with Crippen LogP contribution in [0.15, 0.2) is 12.3 Å². The Kier molecular flexibility index (Phi) is 2.73. The number of hydrogen-bond donors (Lipinski definition) is 2. The molecule has 0 fully saturated rings. The van der Waals surface area contributed by atoms with Gasteiger partial charge in [-0.3, -0.25) is 10.2 Å². The number of nitrogens with two attached hydrogens (primary N) is 1. The highest BCUT2D eigenvalue weighted by Gasteiger charge is 2.04. The van der Waals surface area contributed by atoms with Crippen LogP contribution in [-0.2, 0) is 4.79 Å². The summed E-state index contributed by atoms with van der Waals surface area (Å²) in [7, 11) is 3.44. The van der Waals surface area contributed by atoms with Crippen LogP contribution in [0.3, 0.4) is 0 Å². The summed E-state index contributed by atoms with van der Waals surface area (Å²) in [6.07, 6.45) is 0. The van der Waals surface area contributed by atoms with Crippen LogP contribution in [-0.4, -0.2) is 24.9 Å². The third-order valence-electron chi connectivity index (χ3n) is 0.933. The summed E-state index contributed by atoms with van der Waals surface area (Å²) in [5.41, 5.74) is 2.31. The summed E-state index contributed by atoms with van der Waals surface area (Å²) < 4.78 is 0. The van der Waals surface area contributed by atoms with Gasteiger partial charge in [-0.05, 0) is 0 Å². The number of nitrogens with one attached hydrogen (secondary N) is 1. The summed E-state index contributed by atoms with van der Waals surface area (Å²) >= 11 is 0. The second-order valence-corrected chi connectivity index (χ2v) is 1.81. The minimum atomic E-state index is -0.361. The van der Waals surface area contributed by atoms with Crippen LogP contribution in [0.4, 0.5) is 0 Å². The molecule has 52 valence electrons. The average molecular weight is 129 g/mol. The first-order valence-corrected chi connectivity index (χ1v) is 2.46. The summed E-state index contributed by atoms with van der Waals surface area (Å²) in [4.78, 5) is 12.2. The summed E-state index contributed by atoms with van der Waals surface area (Å²) in [6, 6.07) is 0. The number of amides is 1. The number of nitrogens with zero attached hydrogens (tertiary/aromatic N) is 1. The monoisotopic (exact) mass is 129 g/mol. The highest BCUT2D eigenvalue weighted by molar-refractivity contribution is 5.91. The van der Waals surface area contributed by atoms with Gasteiger partial charge in [0.25, 0.3) is 5.91 Å². The number of hydrazine groups is 1. The van der Waals surface area contributed by atoms with Crippen LogP contribution in [0.5, 0.6) is 0 Å². The molecule has 0 aromatic rings. The van der Waals surface area contributed by atoms with Gasteiger partial charge in [-0.25, -0.2) is 5.84 Å². The minimum absolute atomic E-state index is 0.345. The van der Waals surface area contributed by atoms with Crippen molar-refractivity contribution in [2.45, 2.75) is 0 Å². The molecule has 0 saturated carbocycles. The van der Waals surface area contributed by atoms with Crippen molar-refractivity contribution in [1.82, 2.24) is 10.3 Å². The van der Waals surface area contributed by atoms with Crippen molar-refractivity contribution in [3.63, 3.8) is 0 Å². The average Bonchev–Trinajstić information content (AvgIpc) is 1.84. The maximum atomic E-state index is 10.6. The fourth-order valence-corrected chi connectivity index (χ4v) is 0.286. The summed E-state index contributed by atoms with van der Waals surface area (Å²) in [5, 5.41) is 0. The Bertz CT molecular complexity index is 130. The van der Waals surface area contributed by atoms with Crippen LogP contribution in [0.25, 0.3) is 0 Å². The molecule has 0 spiro atoms. The molecular formula is C5H11N3O. The van der Waals surface area contributed by atoms with Crippen molar-refractivity contribution in [2.75, 3.05) is 14.1 Å². The lowest BCUT2D eigenvalue weighted by atomic mass is 10.4. The van der Waals surface area contributed by atoms with Crippen molar-refractivity contribution in [1.29, 1.82) is 0 Å². The Morgan fingerprint density at radius 3 is 2.22 bits per heavy atom. The Hall–Kier alpha value is -1.03. The Morgan fingerprint density at radius 2 is 2.11 bits per heavy atom. The van der Waals surface area contributed by atoms with E-state index in [1.165, 1.54) is 0 Å². The van der Waals surface area contributed by atoms with Crippen LogP contribution < -0.4 is 11.3 Å². The Morgan fingerprint density at radius 1 is 1.67 bits per heavy atom. The van der Waals surface area contributed by atoms with E-state index >= 15 is 0 Å². The first-order chi connectivity index (χ1) is 4.09. The van der Waals surface area contributed by atoms with Gasteiger partial charge in [0.1, 0.15) is 0 Å². The molecule has 0 heterocycles. The first kappa shape index (κ1) is 7.97. The zero-order chi connectivity index (χ0) is 7.44. The first-order valence-electron chi connectivity index (χ1n) is 2.46. The molecule has 0 saturated heterocycles. The van der Waals surface area contributed by atoms with Gasteiger partial charge in [0, 0.05) is 14.1 Å². The minimum Gasteiger partial charge on any atom is -0.374 e. The van der Waals surface area contributed by atoms with Gasteiger partial charge in [-0.2, -0.15) is 0 Å². The van der Waals surface area contributed by atoms with E-state index < -0.39 is 0 Å². The summed E-state index contributed by atoms with van der Waals surface area (Å²) in [5.74, 6) is 4.46. The molecule has 3 N–H and O–H groups in total. The lowest BCUT2D eigenvalue weighted by Crippen LogP contribution is -2.35. The summed E-state index contributed by atoms with van der Waals surface area (Å²) in [6.45, 7) is 3.46. The molecule has 0 rings (SSSR count). The number of rotatable bonds is 2. The van der Waals surface area contributed by atoms with Gasteiger partial charge in [-0.1, -0.05) is 6.58 Å². The van der Waals surface area contributed by atoms with E-state index in [2.05, 4.69) is 6.58 Å². The number of carbonyl (C=O) groups is 1. The molecule has 0 unspecified atom stereocenters. The van der Waals surface area contributed by atoms with Crippen molar-refractivity contribution < 1.29 is 4.79 Å². The molecule has 0 aliphatic rings. The predicted molar refractivity (Wildman–Crippen MR) is 35.2 cm³/mol. The fraction of sp³-hybridized carbons (Fsp3) is 0.400. The zero-order valence-corrected chi connectivity index (χ0v) is 5.64. The van der Waals surface area contributed by atoms with Gasteiger partial charge in [0.05, 0.1) is 5.70 Å². The van der Waals surface area contributed by atoms with Crippen molar-refractivity contribution in [3.05, 3.63) is 12.3 Å². The molecule has 4 heteroatoms.